The van der Waals surface area contributed by atoms with Crippen molar-refractivity contribution in [1.82, 2.24) is 0 Å². The summed E-state index contributed by atoms with van der Waals surface area (Å²) in [6.07, 6.45) is 20.5. The highest BCUT2D eigenvalue weighted by molar-refractivity contribution is 6.30. The van der Waals surface area contributed by atoms with Crippen LogP contribution in [0.5, 0.6) is 0 Å². The molecule has 0 aliphatic heterocycles. The average molecular weight is 375 g/mol. The van der Waals surface area contributed by atoms with Crippen molar-refractivity contribution in [3.8, 4) is 0 Å². The van der Waals surface area contributed by atoms with Crippen molar-refractivity contribution < 1.29 is 0 Å². The first-order valence-electron chi connectivity index (χ1n) is 11.5. The van der Waals surface area contributed by atoms with Gasteiger partial charge in [0.25, 0.3) is 0 Å². The van der Waals surface area contributed by atoms with Crippen LogP contribution in [0.4, 0.5) is 0 Å². The Morgan fingerprint density at radius 3 is 1.81 bits per heavy atom. The average Bonchev–Trinajstić information content (AvgIpc) is 2.69. The van der Waals surface area contributed by atoms with Crippen LogP contribution >= 0.6 is 11.6 Å². The van der Waals surface area contributed by atoms with Crippen LogP contribution in [0.15, 0.2) is 24.3 Å². The molecule has 0 N–H and O–H groups in total. The molecule has 2 aliphatic carbocycles. The van der Waals surface area contributed by atoms with Gasteiger partial charge < -0.3 is 0 Å². The Hall–Kier alpha value is -0.490. The summed E-state index contributed by atoms with van der Waals surface area (Å²) in [4.78, 5) is 0. The molecule has 0 spiro atoms. The van der Waals surface area contributed by atoms with Crippen LogP contribution in [0, 0.1) is 23.7 Å². The molecule has 0 amide bonds. The molecule has 2 aliphatic rings. The third-order valence-corrected chi connectivity index (χ3v) is 7.67. The topological polar surface area (TPSA) is 0 Å². The molecule has 146 valence electrons. The van der Waals surface area contributed by atoms with Crippen molar-refractivity contribution >= 4 is 11.6 Å². The van der Waals surface area contributed by atoms with Crippen molar-refractivity contribution in [2.45, 2.75) is 96.8 Å². The van der Waals surface area contributed by atoms with Crippen LogP contribution in [0.1, 0.15) is 96.0 Å². The number of rotatable bonds is 8. The highest BCUT2D eigenvalue weighted by Crippen LogP contribution is 2.43. The fourth-order valence-corrected chi connectivity index (χ4v) is 5.73. The second kappa shape index (κ2) is 10.7. The minimum Gasteiger partial charge on any atom is -0.0843 e. The molecule has 1 aromatic carbocycles. The summed E-state index contributed by atoms with van der Waals surface area (Å²) < 4.78 is 0. The van der Waals surface area contributed by atoms with Crippen molar-refractivity contribution in [3.05, 3.63) is 34.9 Å². The number of hydrogen-bond donors (Lipinski definition) is 0. The van der Waals surface area contributed by atoms with Gasteiger partial charge in [0.15, 0.2) is 0 Å². The third-order valence-electron chi connectivity index (χ3n) is 7.42. The van der Waals surface area contributed by atoms with E-state index in [9.17, 15) is 0 Å². The predicted octanol–water partition coefficient (Wildman–Crippen LogP) is 8.47. The van der Waals surface area contributed by atoms with Crippen LogP contribution in [-0.4, -0.2) is 0 Å². The summed E-state index contributed by atoms with van der Waals surface area (Å²) in [5.74, 6) is 4.15. The smallest absolute Gasteiger partial charge is 0.0406 e. The van der Waals surface area contributed by atoms with E-state index in [4.69, 9.17) is 11.6 Å². The molecule has 2 saturated carbocycles. The van der Waals surface area contributed by atoms with E-state index in [0.29, 0.717) is 0 Å². The molecular formula is C25H39Cl. The van der Waals surface area contributed by atoms with Gasteiger partial charge >= 0.3 is 0 Å². The first kappa shape index (κ1) is 20.2. The normalized spacial score (nSPS) is 29.6. The Balaban J connectivity index is 1.32. The monoisotopic (exact) mass is 374 g/mol. The Bertz CT molecular complexity index is 489. The quantitative estimate of drug-likeness (QED) is 0.400. The number of aryl methyl sites for hydroxylation is 1. The summed E-state index contributed by atoms with van der Waals surface area (Å²) in [6, 6.07) is 8.47. The first-order chi connectivity index (χ1) is 12.7. The van der Waals surface area contributed by atoms with Crippen LogP contribution in [0.25, 0.3) is 0 Å². The molecule has 2 fully saturated rings. The zero-order chi connectivity index (χ0) is 18.2. The molecule has 26 heavy (non-hydrogen) atoms. The van der Waals surface area contributed by atoms with E-state index in [1.165, 1.54) is 95.5 Å². The largest absolute Gasteiger partial charge is 0.0843 e. The van der Waals surface area contributed by atoms with Gasteiger partial charge in [-0.25, -0.2) is 0 Å². The molecule has 0 nitrogen and oxygen atoms in total. The van der Waals surface area contributed by atoms with Crippen molar-refractivity contribution in [2.75, 3.05) is 0 Å². The molecule has 0 heterocycles. The Morgan fingerprint density at radius 1 is 0.731 bits per heavy atom. The van der Waals surface area contributed by atoms with Gasteiger partial charge in [0.1, 0.15) is 0 Å². The van der Waals surface area contributed by atoms with Crippen molar-refractivity contribution in [1.29, 1.82) is 0 Å². The van der Waals surface area contributed by atoms with Crippen molar-refractivity contribution in [3.63, 3.8) is 0 Å². The third kappa shape index (κ3) is 6.29. The maximum absolute atomic E-state index is 5.99. The lowest BCUT2D eigenvalue weighted by molar-refractivity contribution is 0.140. The summed E-state index contributed by atoms with van der Waals surface area (Å²) in [7, 11) is 0. The maximum atomic E-state index is 5.99. The second-order valence-electron chi connectivity index (χ2n) is 9.22. The Morgan fingerprint density at radius 2 is 1.27 bits per heavy atom. The maximum Gasteiger partial charge on any atom is 0.0406 e. The van der Waals surface area contributed by atoms with Gasteiger partial charge in [-0.3, -0.25) is 0 Å². The lowest BCUT2D eigenvalue weighted by Gasteiger charge is -2.38. The van der Waals surface area contributed by atoms with Crippen molar-refractivity contribution in [2.24, 2.45) is 23.7 Å². The highest BCUT2D eigenvalue weighted by Gasteiger charge is 2.30. The van der Waals surface area contributed by atoms with Gasteiger partial charge in [-0.15, -0.1) is 0 Å². The fourth-order valence-electron chi connectivity index (χ4n) is 5.60. The Labute approximate surface area is 167 Å². The highest BCUT2D eigenvalue weighted by atomic mass is 35.5. The molecule has 1 heteroatoms. The number of halogens is 1. The molecule has 0 radical (unpaired) electrons. The van der Waals surface area contributed by atoms with E-state index >= 15 is 0 Å². The summed E-state index contributed by atoms with van der Waals surface area (Å²) in [5, 5.41) is 0.856. The summed E-state index contributed by atoms with van der Waals surface area (Å²) in [6.45, 7) is 2.32. The molecule has 0 bridgehead atoms. The van der Waals surface area contributed by atoms with E-state index < -0.39 is 0 Å². The van der Waals surface area contributed by atoms with Crippen LogP contribution in [0.2, 0.25) is 5.02 Å². The van der Waals surface area contributed by atoms with E-state index in [1.807, 2.05) is 12.1 Å². The number of unbranched alkanes of at least 4 members (excludes halogenated alkanes) is 2. The van der Waals surface area contributed by atoms with Gasteiger partial charge in [0, 0.05) is 5.02 Å². The standard InChI is InChI=1S/C25H39Cl/c1-2-3-4-5-20-8-14-23(15-9-20)24-16-10-21(11-17-24)6-7-22-12-18-25(26)19-13-22/h12-13,18-21,23-24H,2-11,14-17H2,1H3. The molecule has 3 rings (SSSR count). The van der Waals surface area contributed by atoms with Gasteiger partial charge in [0.2, 0.25) is 0 Å². The van der Waals surface area contributed by atoms with E-state index in [2.05, 4.69) is 19.1 Å². The number of benzene rings is 1. The minimum atomic E-state index is 0.856. The van der Waals surface area contributed by atoms with Gasteiger partial charge in [0.05, 0.1) is 0 Å². The lowest BCUT2D eigenvalue weighted by Crippen LogP contribution is -2.26. The van der Waals surface area contributed by atoms with Gasteiger partial charge in [-0.1, -0.05) is 82.0 Å². The second-order valence-corrected chi connectivity index (χ2v) is 9.66. The molecule has 1 aromatic rings. The predicted molar refractivity (Wildman–Crippen MR) is 115 cm³/mol. The minimum absolute atomic E-state index is 0.856. The van der Waals surface area contributed by atoms with Crippen LogP contribution in [0.3, 0.4) is 0 Å². The van der Waals surface area contributed by atoms with E-state index in [1.54, 1.807) is 0 Å². The van der Waals surface area contributed by atoms with E-state index in [-0.39, 0.29) is 0 Å². The molecule has 0 aromatic heterocycles. The van der Waals surface area contributed by atoms with Crippen LogP contribution < -0.4 is 0 Å². The fraction of sp³-hybridized carbons (Fsp3) is 0.760. The molecular weight excluding hydrogens is 336 g/mol. The van der Waals surface area contributed by atoms with Crippen LogP contribution in [-0.2, 0) is 6.42 Å². The zero-order valence-electron chi connectivity index (χ0n) is 16.9. The zero-order valence-corrected chi connectivity index (χ0v) is 17.7. The van der Waals surface area contributed by atoms with Gasteiger partial charge in [-0.2, -0.15) is 0 Å². The molecule has 0 saturated heterocycles. The van der Waals surface area contributed by atoms with Gasteiger partial charge in [-0.05, 0) is 79.9 Å². The number of hydrogen-bond acceptors (Lipinski definition) is 0. The summed E-state index contributed by atoms with van der Waals surface area (Å²) in [5.41, 5.74) is 1.46. The Kier molecular flexibility index (Phi) is 8.37. The lowest BCUT2D eigenvalue weighted by atomic mass is 9.68. The molecule has 0 unspecified atom stereocenters. The van der Waals surface area contributed by atoms with E-state index in [0.717, 1.165) is 28.7 Å². The SMILES string of the molecule is CCCCCC1CCC(C2CCC(CCc3ccc(Cl)cc3)CC2)CC1. The summed E-state index contributed by atoms with van der Waals surface area (Å²) >= 11 is 5.99. The first-order valence-corrected chi connectivity index (χ1v) is 11.9. The molecule has 0 atom stereocenters.